The number of hydrogen-bond acceptors (Lipinski definition) is 6. The van der Waals surface area contributed by atoms with Crippen LogP contribution in [0.15, 0.2) is 41.5 Å². The molecule has 0 saturated heterocycles. The number of aromatic amines is 1. The molecule has 3 aromatic rings. The minimum atomic E-state index is -0.901. The number of benzene rings is 1. The van der Waals surface area contributed by atoms with Gasteiger partial charge in [-0.3, -0.25) is 23.9 Å². The number of carboxylic acids is 1. The third-order valence-electron chi connectivity index (χ3n) is 4.12. The summed E-state index contributed by atoms with van der Waals surface area (Å²) in [6.07, 6.45) is 2.13. The first-order valence-corrected chi connectivity index (χ1v) is 8.44. The van der Waals surface area contributed by atoms with Crippen molar-refractivity contribution in [1.82, 2.24) is 19.5 Å². The molecule has 0 aliphatic heterocycles. The highest BCUT2D eigenvalue weighted by atomic mass is 16.4. The van der Waals surface area contributed by atoms with Gasteiger partial charge in [-0.25, -0.2) is 4.98 Å². The second kappa shape index (κ2) is 7.81. The van der Waals surface area contributed by atoms with Gasteiger partial charge in [0.05, 0.1) is 0 Å². The van der Waals surface area contributed by atoms with Crippen LogP contribution in [-0.4, -0.2) is 42.5 Å². The Hall–Kier alpha value is -3.49. The van der Waals surface area contributed by atoms with Crippen molar-refractivity contribution in [2.45, 2.75) is 32.2 Å². The summed E-state index contributed by atoms with van der Waals surface area (Å²) in [5, 5.41) is 12.1. The number of aromatic nitrogens is 4. The molecule has 1 atom stereocenters. The molecule has 3 rings (SSSR count). The van der Waals surface area contributed by atoms with Crippen LogP contribution in [0.4, 0.5) is 5.95 Å². The molecule has 1 unspecified atom stereocenters. The van der Waals surface area contributed by atoms with E-state index in [9.17, 15) is 14.4 Å². The van der Waals surface area contributed by atoms with Gasteiger partial charge in [0.25, 0.3) is 5.56 Å². The fraction of sp³-hybridized carbons (Fsp3) is 0.278. The number of rotatable bonds is 7. The Balaban J connectivity index is 1.89. The van der Waals surface area contributed by atoms with Gasteiger partial charge in [0, 0.05) is 19.4 Å². The molecule has 9 nitrogen and oxygen atoms in total. The molecule has 0 aliphatic carbocycles. The lowest BCUT2D eigenvalue weighted by molar-refractivity contribution is -0.137. The molecule has 0 amide bonds. The minimum Gasteiger partial charge on any atom is -0.481 e. The van der Waals surface area contributed by atoms with Crippen molar-refractivity contribution in [3.05, 3.63) is 52.6 Å². The van der Waals surface area contributed by atoms with Crippen molar-refractivity contribution in [2.75, 3.05) is 5.32 Å². The van der Waals surface area contributed by atoms with Crippen molar-refractivity contribution in [3.63, 3.8) is 0 Å². The Labute approximate surface area is 154 Å². The number of nitrogens with zero attached hydrogens (tertiary/aromatic N) is 3. The van der Waals surface area contributed by atoms with Gasteiger partial charge < -0.3 is 10.4 Å². The average Bonchev–Trinajstić information content (AvgIpc) is 3.05. The van der Waals surface area contributed by atoms with E-state index in [0.717, 1.165) is 5.56 Å². The molecular formula is C18H19N5O4. The SMILES string of the molecule is CC(=O)n1cnc2c(=O)[nH]c(NC(CCC(=O)O)Cc3ccccc3)nc21. The van der Waals surface area contributed by atoms with Crippen LogP contribution in [0.1, 0.15) is 30.1 Å². The monoisotopic (exact) mass is 369 g/mol. The molecule has 2 heterocycles. The first-order chi connectivity index (χ1) is 12.9. The van der Waals surface area contributed by atoms with E-state index < -0.39 is 11.5 Å². The predicted molar refractivity (Wildman–Crippen MR) is 98.9 cm³/mol. The first-order valence-electron chi connectivity index (χ1n) is 8.44. The zero-order valence-electron chi connectivity index (χ0n) is 14.7. The smallest absolute Gasteiger partial charge is 0.303 e. The number of carbonyl (C=O) groups excluding carboxylic acids is 1. The Kier molecular flexibility index (Phi) is 5.30. The second-order valence-corrected chi connectivity index (χ2v) is 6.18. The van der Waals surface area contributed by atoms with Gasteiger partial charge in [0.15, 0.2) is 11.2 Å². The van der Waals surface area contributed by atoms with E-state index in [2.05, 4.69) is 20.3 Å². The third-order valence-corrected chi connectivity index (χ3v) is 4.12. The summed E-state index contributed by atoms with van der Waals surface area (Å²) in [6, 6.07) is 9.33. The molecule has 0 fully saturated rings. The number of anilines is 1. The topological polar surface area (TPSA) is 130 Å². The third kappa shape index (κ3) is 4.38. The minimum absolute atomic E-state index is 0.0254. The summed E-state index contributed by atoms with van der Waals surface area (Å²) in [7, 11) is 0. The number of H-pyrrole nitrogens is 1. The molecule has 0 aliphatic rings. The first kappa shape index (κ1) is 18.3. The predicted octanol–water partition coefficient (Wildman–Crippen LogP) is 1.67. The highest BCUT2D eigenvalue weighted by Crippen LogP contribution is 2.14. The van der Waals surface area contributed by atoms with Gasteiger partial charge >= 0.3 is 5.97 Å². The number of aliphatic carboxylic acids is 1. The number of nitrogens with one attached hydrogen (secondary N) is 2. The number of hydrogen-bond donors (Lipinski definition) is 3. The van der Waals surface area contributed by atoms with Crippen LogP contribution in [0, 0.1) is 0 Å². The van der Waals surface area contributed by atoms with Gasteiger partial charge in [-0.05, 0) is 18.4 Å². The Morgan fingerprint density at radius 1 is 1.30 bits per heavy atom. The second-order valence-electron chi connectivity index (χ2n) is 6.18. The summed E-state index contributed by atoms with van der Waals surface area (Å²) in [5.74, 6) is -1.04. The maximum Gasteiger partial charge on any atom is 0.303 e. The summed E-state index contributed by atoms with van der Waals surface area (Å²) in [4.78, 5) is 45.7. The Morgan fingerprint density at radius 3 is 2.70 bits per heavy atom. The molecule has 3 N–H and O–H groups in total. The van der Waals surface area contributed by atoms with Crippen LogP contribution in [-0.2, 0) is 11.2 Å². The largest absolute Gasteiger partial charge is 0.481 e. The quantitative estimate of drug-likeness (QED) is 0.577. The van der Waals surface area contributed by atoms with Gasteiger partial charge in [-0.1, -0.05) is 30.3 Å². The number of fused-ring (bicyclic) bond motifs is 1. The lowest BCUT2D eigenvalue weighted by atomic mass is 10.0. The van der Waals surface area contributed by atoms with Crippen LogP contribution in [0.3, 0.4) is 0 Å². The molecule has 2 aromatic heterocycles. The van der Waals surface area contributed by atoms with Crippen LogP contribution in [0.5, 0.6) is 0 Å². The highest BCUT2D eigenvalue weighted by Gasteiger charge is 2.16. The maximum absolute atomic E-state index is 12.2. The van der Waals surface area contributed by atoms with Gasteiger partial charge in [0.1, 0.15) is 6.33 Å². The van der Waals surface area contributed by atoms with Crippen LogP contribution >= 0.6 is 0 Å². The Morgan fingerprint density at radius 2 is 2.04 bits per heavy atom. The summed E-state index contributed by atoms with van der Waals surface area (Å²) in [5.41, 5.74) is 0.781. The summed E-state index contributed by atoms with van der Waals surface area (Å²) in [6.45, 7) is 1.35. The normalized spacial score (nSPS) is 12.0. The van der Waals surface area contributed by atoms with E-state index in [1.165, 1.54) is 17.8 Å². The zero-order chi connectivity index (χ0) is 19.4. The molecule has 9 heteroatoms. The van der Waals surface area contributed by atoms with E-state index in [4.69, 9.17) is 5.11 Å². The van der Waals surface area contributed by atoms with Crippen molar-refractivity contribution < 1.29 is 14.7 Å². The highest BCUT2D eigenvalue weighted by molar-refractivity contribution is 5.86. The fourth-order valence-corrected chi connectivity index (χ4v) is 2.82. The van der Waals surface area contributed by atoms with Crippen molar-refractivity contribution >= 4 is 29.0 Å². The average molecular weight is 369 g/mol. The molecular weight excluding hydrogens is 350 g/mol. The molecule has 140 valence electrons. The number of imidazole rings is 1. The van der Waals surface area contributed by atoms with Crippen LogP contribution < -0.4 is 10.9 Å². The van der Waals surface area contributed by atoms with E-state index in [1.807, 2.05) is 30.3 Å². The van der Waals surface area contributed by atoms with Crippen molar-refractivity contribution in [1.29, 1.82) is 0 Å². The van der Waals surface area contributed by atoms with Crippen LogP contribution in [0.25, 0.3) is 11.2 Å². The lowest BCUT2D eigenvalue weighted by Gasteiger charge is -2.18. The molecule has 1 aromatic carbocycles. The number of carbonyl (C=O) groups is 2. The Bertz CT molecular complexity index is 1030. The molecule has 0 bridgehead atoms. The van der Waals surface area contributed by atoms with E-state index >= 15 is 0 Å². The summed E-state index contributed by atoms with van der Waals surface area (Å²) < 4.78 is 1.19. The molecule has 0 spiro atoms. The van der Waals surface area contributed by atoms with Gasteiger partial charge in [-0.2, -0.15) is 4.98 Å². The van der Waals surface area contributed by atoms with Crippen LogP contribution in [0.2, 0.25) is 0 Å². The van der Waals surface area contributed by atoms with Crippen molar-refractivity contribution in [2.24, 2.45) is 0 Å². The molecule has 0 radical (unpaired) electrons. The van der Waals surface area contributed by atoms with Crippen molar-refractivity contribution in [3.8, 4) is 0 Å². The number of carboxylic acid groups (broad SMARTS) is 1. The maximum atomic E-state index is 12.2. The van der Waals surface area contributed by atoms with E-state index in [-0.39, 0.29) is 35.5 Å². The molecule has 0 saturated carbocycles. The zero-order valence-corrected chi connectivity index (χ0v) is 14.7. The van der Waals surface area contributed by atoms with Gasteiger partial charge in [-0.15, -0.1) is 0 Å². The van der Waals surface area contributed by atoms with E-state index in [1.54, 1.807) is 0 Å². The van der Waals surface area contributed by atoms with E-state index in [0.29, 0.717) is 12.8 Å². The van der Waals surface area contributed by atoms with Gasteiger partial charge in [0.2, 0.25) is 11.9 Å². The summed E-state index contributed by atoms with van der Waals surface area (Å²) >= 11 is 0. The fourth-order valence-electron chi connectivity index (χ4n) is 2.82. The lowest BCUT2D eigenvalue weighted by Crippen LogP contribution is -2.26. The molecule has 27 heavy (non-hydrogen) atoms. The standard InChI is InChI=1S/C18H19N5O4/c1-11(24)23-10-19-15-16(23)21-18(22-17(15)27)20-13(7-8-14(25)26)9-12-5-3-2-4-6-12/h2-6,10,13H,7-9H2,1H3,(H,25,26)(H2,20,21,22,27).